The van der Waals surface area contributed by atoms with E-state index >= 15 is 0 Å². The average molecular weight is 372 g/mol. The normalized spacial score (nSPS) is 12.6. The van der Waals surface area contributed by atoms with Crippen LogP contribution in [0.3, 0.4) is 0 Å². The Balaban J connectivity index is 1.33. The Hall–Kier alpha value is -3.80. The third-order valence-electron chi connectivity index (χ3n) is 4.95. The van der Waals surface area contributed by atoms with E-state index in [2.05, 4.69) is 34.6 Å². The molecule has 0 fully saturated rings. The summed E-state index contributed by atoms with van der Waals surface area (Å²) in [5.74, 6) is -0.0346. The Kier molecular flexibility index (Phi) is 3.76. The summed E-state index contributed by atoms with van der Waals surface area (Å²) >= 11 is 0. The first-order chi connectivity index (χ1) is 13.7. The van der Waals surface area contributed by atoms with Crippen molar-refractivity contribution in [2.75, 3.05) is 11.9 Å². The molecule has 0 saturated heterocycles. The number of aromatic nitrogens is 1. The number of carbonyl (C=O) groups excluding carboxylic acids is 1. The number of nitrogens with one attached hydrogen (secondary N) is 1. The number of amides is 1. The second kappa shape index (κ2) is 6.42. The fraction of sp³-hybridized carbons (Fsp3) is 0.0909. The van der Waals surface area contributed by atoms with Crippen LogP contribution in [-0.4, -0.2) is 22.8 Å². The zero-order chi connectivity index (χ0) is 19.1. The number of phenols is 1. The van der Waals surface area contributed by atoms with Crippen LogP contribution >= 0.6 is 0 Å². The first kappa shape index (κ1) is 16.4. The molecule has 2 N–H and O–H groups in total. The lowest BCUT2D eigenvalue weighted by atomic mass is 9.98. The predicted octanol–water partition coefficient (Wildman–Crippen LogP) is 4.89. The van der Waals surface area contributed by atoms with Crippen molar-refractivity contribution in [2.45, 2.75) is 5.92 Å². The molecule has 3 aromatic carbocycles. The van der Waals surface area contributed by atoms with E-state index in [0.717, 1.165) is 11.1 Å². The van der Waals surface area contributed by atoms with Crippen molar-refractivity contribution in [1.82, 2.24) is 4.98 Å². The van der Waals surface area contributed by atoms with Crippen molar-refractivity contribution < 1.29 is 19.1 Å². The highest BCUT2D eigenvalue weighted by Crippen LogP contribution is 2.44. The van der Waals surface area contributed by atoms with Crippen molar-refractivity contribution in [1.29, 1.82) is 0 Å². The Labute approximate surface area is 160 Å². The number of carbonyl (C=O) groups is 1. The van der Waals surface area contributed by atoms with E-state index in [4.69, 9.17) is 9.15 Å². The highest BCUT2D eigenvalue weighted by molar-refractivity contribution is 5.86. The maximum Gasteiger partial charge on any atom is 0.415 e. The van der Waals surface area contributed by atoms with Gasteiger partial charge in [-0.2, -0.15) is 4.98 Å². The van der Waals surface area contributed by atoms with Gasteiger partial charge in [-0.15, -0.1) is 0 Å². The van der Waals surface area contributed by atoms with E-state index in [1.54, 1.807) is 12.1 Å². The predicted molar refractivity (Wildman–Crippen MR) is 104 cm³/mol. The summed E-state index contributed by atoms with van der Waals surface area (Å²) in [4.78, 5) is 16.3. The number of fused-ring (bicyclic) bond motifs is 4. The van der Waals surface area contributed by atoms with Gasteiger partial charge in [0.15, 0.2) is 11.1 Å². The van der Waals surface area contributed by atoms with Gasteiger partial charge < -0.3 is 14.3 Å². The summed E-state index contributed by atoms with van der Waals surface area (Å²) in [7, 11) is 0. The van der Waals surface area contributed by atoms with Crippen LogP contribution in [0.15, 0.2) is 71.1 Å². The van der Waals surface area contributed by atoms with Crippen molar-refractivity contribution in [3.8, 4) is 16.9 Å². The summed E-state index contributed by atoms with van der Waals surface area (Å²) in [6, 6.07) is 21.1. The van der Waals surface area contributed by atoms with Crippen LogP contribution in [-0.2, 0) is 4.74 Å². The van der Waals surface area contributed by atoms with Crippen LogP contribution in [0, 0.1) is 0 Å². The number of hydrogen-bond acceptors (Lipinski definition) is 5. The monoisotopic (exact) mass is 372 g/mol. The number of para-hydroxylation sites is 1. The van der Waals surface area contributed by atoms with Crippen LogP contribution in [0.25, 0.3) is 22.2 Å². The molecule has 0 atom stereocenters. The quantitative estimate of drug-likeness (QED) is 0.535. The molecule has 0 spiro atoms. The second-order valence-corrected chi connectivity index (χ2v) is 6.59. The minimum atomic E-state index is -0.659. The summed E-state index contributed by atoms with van der Waals surface area (Å²) in [6.07, 6.45) is -0.659. The Bertz CT molecular complexity index is 1150. The molecule has 1 aliphatic carbocycles. The smallest absolute Gasteiger partial charge is 0.415 e. The molecule has 1 heterocycles. The zero-order valence-corrected chi connectivity index (χ0v) is 14.8. The summed E-state index contributed by atoms with van der Waals surface area (Å²) in [5.41, 5.74) is 5.29. The molecule has 1 amide bonds. The van der Waals surface area contributed by atoms with Crippen LogP contribution in [0.4, 0.5) is 10.8 Å². The maximum atomic E-state index is 12.3. The standard InChI is InChI=1S/C22H16N2O4/c25-18-10-5-11-19-20(18)23-21(28-19)24-22(26)27-12-17-15-8-3-1-6-13(15)14-7-2-4-9-16(14)17/h1-11,17,25H,12H2,(H,23,24,26). The number of aromatic hydroxyl groups is 1. The first-order valence-corrected chi connectivity index (χ1v) is 8.91. The molecule has 0 aliphatic heterocycles. The first-order valence-electron chi connectivity index (χ1n) is 8.91. The van der Waals surface area contributed by atoms with Gasteiger partial charge in [-0.25, -0.2) is 10.1 Å². The lowest BCUT2D eigenvalue weighted by molar-refractivity contribution is 0.157. The number of phenolic OH excluding ortho intramolecular Hbond substituents is 1. The lowest BCUT2D eigenvalue weighted by Gasteiger charge is -2.13. The molecule has 28 heavy (non-hydrogen) atoms. The summed E-state index contributed by atoms with van der Waals surface area (Å²) in [6.45, 7) is 0.200. The third kappa shape index (κ3) is 2.66. The molecule has 6 heteroatoms. The second-order valence-electron chi connectivity index (χ2n) is 6.59. The van der Waals surface area contributed by atoms with E-state index in [9.17, 15) is 9.90 Å². The lowest BCUT2D eigenvalue weighted by Crippen LogP contribution is -2.18. The molecule has 6 nitrogen and oxygen atoms in total. The fourth-order valence-corrected chi connectivity index (χ4v) is 3.71. The average Bonchev–Trinajstić information content (AvgIpc) is 3.26. The number of rotatable bonds is 3. The van der Waals surface area contributed by atoms with Gasteiger partial charge in [-0.3, -0.25) is 0 Å². The van der Waals surface area contributed by atoms with E-state index in [0.29, 0.717) is 5.58 Å². The summed E-state index contributed by atoms with van der Waals surface area (Å²) in [5, 5.41) is 12.3. The number of ether oxygens (including phenoxy) is 1. The molecule has 4 aromatic rings. The minimum Gasteiger partial charge on any atom is -0.506 e. The molecule has 1 aliphatic rings. The van der Waals surface area contributed by atoms with Gasteiger partial charge in [0.1, 0.15) is 12.4 Å². The van der Waals surface area contributed by atoms with E-state index in [1.165, 1.54) is 17.2 Å². The molecule has 0 saturated carbocycles. The highest BCUT2D eigenvalue weighted by atomic mass is 16.6. The Morgan fingerprint density at radius 3 is 2.36 bits per heavy atom. The molecule has 0 radical (unpaired) electrons. The van der Waals surface area contributed by atoms with Crippen molar-refractivity contribution in [2.24, 2.45) is 0 Å². The third-order valence-corrected chi connectivity index (χ3v) is 4.95. The number of nitrogens with zero attached hydrogens (tertiary/aromatic N) is 1. The Morgan fingerprint density at radius 1 is 1.00 bits per heavy atom. The van der Waals surface area contributed by atoms with E-state index in [1.807, 2.05) is 24.3 Å². The topological polar surface area (TPSA) is 84.6 Å². The minimum absolute atomic E-state index is 0.0122. The molecule has 0 unspecified atom stereocenters. The van der Waals surface area contributed by atoms with Crippen molar-refractivity contribution in [3.63, 3.8) is 0 Å². The van der Waals surface area contributed by atoms with Gasteiger partial charge in [0.2, 0.25) is 0 Å². The van der Waals surface area contributed by atoms with Crippen LogP contribution in [0.5, 0.6) is 5.75 Å². The number of anilines is 1. The van der Waals surface area contributed by atoms with Crippen molar-refractivity contribution in [3.05, 3.63) is 77.9 Å². The fourth-order valence-electron chi connectivity index (χ4n) is 3.71. The van der Waals surface area contributed by atoms with Crippen LogP contribution in [0.1, 0.15) is 17.0 Å². The molecule has 138 valence electrons. The van der Waals surface area contributed by atoms with Gasteiger partial charge in [-0.05, 0) is 34.4 Å². The van der Waals surface area contributed by atoms with E-state index in [-0.39, 0.29) is 29.8 Å². The molecular weight excluding hydrogens is 356 g/mol. The zero-order valence-electron chi connectivity index (χ0n) is 14.8. The van der Waals surface area contributed by atoms with E-state index < -0.39 is 6.09 Å². The van der Waals surface area contributed by atoms with Gasteiger partial charge in [0, 0.05) is 5.92 Å². The van der Waals surface area contributed by atoms with Gasteiger partial charge in [0.05, 0.1) is 0 Å². The van der Waals surface area contributed by atoms with Crippen LogP contribution in [0.2, 0.25) is 0 Å². The summed E-state index contributed by atoms with van der Waals surface area (Å²) < 4.78 is 10.9. The number of benzene rings is 3. The van der Waals surface area contributed by atoms with Crippen LogP contribution < -0.4 is 5.32 Å². The molecule has 0 bridgehead atoms. The Morgan fingerprint density at radius 2 is 1.68 bits per heavy atom. The highest BCUT2D eigenvalue weighted by Gasteiger charge is 2.29. The SMILES string of the molecule is O=C(Nc1nc2c(O)cccc2o1)OCC1c2ccccc2-c2ccccc21. The molecular formula is C22H16N2O4. The largest absolute Gasteiger partial charge is 0.506 e. The molecule has 5 rings (SSSR count). The molecule has 1 aromatic heterocycles. The number of oxazole rings is 1. The van der Waals surface area contributed by atoms with Gasteiger partial charge in [0.25, 0.3) is 0 Å². The van der Waals surface area contributed by atoms with Gasteiger partial charge in [-0.1, -0.05) is 54.6 Å². The van der Waals surface area contributed by atoms with Crippen molar-refractivity contribution >= 4 is 23.2 Å². The maximum absolute atomic E-state index is 12.3. The van der Waals surface area contributed by atoms with Gasteiger partial charge >= 0.3 is 12.1 Å². The number of hydrogen-bond donors (Lipinski definition) is 2.